The van der Waals surface area contributed by atoms with E-state index in [-0.39, 0.29) is 11.3 Å². The van der Waals surface area contributed by atoms with Crippen molar-refractivity contribution < 1.29 is 27.6 Å². The van der Waals surface area contributed by atoms with Gasteiger partial charge in [-0.3, -0.25) is 20.3 Å². The number of hydrogen-bond donors (Lipinski definition) is 2. The Balaban J connectivity index is 1.99. The van der Waals surface area contributed by atoms with Crippen LogP contribution in [0.3, 0.4) is 0 Å². The number of carbonyl (C=O) groups is 1. The molecule has 0 heterocycles. The number of hydrogen-bond acceptors (Lipinski definition) is 7. The van der Waals surface area contributed by atoms with Gasteiger partial charge in [-0.05, 0) is 42.8 Å². The van der Waals surface area contributed by atoms with Crippen LogP contribution in [0.25, 0.3) is 0 Å². The molecule has 0 atom stereocenters. The lowest BCUT2D eigenvalue weighted by atomic mass is 10.2. The van der Waals surface area contributed by atoms with Gasteiger partial charge in [-0.2, -0.15) is 0 Å². The van der Waals surface area contributed by atoms with Gasteiger partial charge in [-0.1, -0.05) is 26.2 Å². The number of benzene rings is 2. The third kappa shape index (κ3) is 6.93. The number of amides is 1. The number of sulfonamides is 1. The van der Waals surface area contributed by atoms with Gasteiger partial charge >= 0.3 is 0 Å². The maximum atomic E-state index is 12.4. The summed E-state index contributed by atoms with van der Waals surface area (Å²) >= 11 is 0. The second-order valence-corrected chi connectivity index (χ2v) is 8.23. The third-order valence-electron chi connectivity index (χ3n) is 4.33. The molecule has 0 fully saturated rings. The predicted octanol–water partition coefficient (Wildman–Crippen LogP) is 3.19. The van der Waals surface area contributed by atoms with Crippen LogP contribution < -0.4 is 19.7 Å². The van der Waals surface area contributed by atoms with Crippen LogP contribution in [0, 0.1) is 10.1 Å². The summed E-state index contributed by atoms with van der Waals surface area (Å²) in [6, 6.07) is 9.47. The van der Waals surface area contributed by atoms with Gasteiger partial charge in [-0.25, -0.2) is 8.42 Å². The fourth-order valence-electron chi connectivity index (χ4n) is 2.66. The molecule has 11 heteroatoms. The van der Waals surface area contributed by atoms with E-state index in [0.29, 0.717) is 12.4 Å². The molecule has 0 saturated heterocycles. The highest BCUT2D eigenvalue weighted by Crippen LogP contribution is 2.28. The lowest BCUT2D eigenvalue weighted by molar-refractivity contribution is -0.387. The molecule has 0 aliphatic rings. The summed E-state index contributed by atoms with van der Waals surface area (Å²) < 4.78 is 35.4. The summed E-state index contributed by atoms with van der Waals surface area (Å²) in [5.41, 5.74) is 1.55. The average Bonchev–Trinajstić information content (AvgIpc) is 2.77. The Hall–Kier alpha value is -3.18. The van der Waals surface area contributed by atoms with Crippen LogP contribution >= 0.6 is 0 Å². The highest BCUT2D eigenvalue weighted by Gasteiger charge is 2.27. The van der Waals surface area contributed by atoms with Crippen molar-refractivity contribution in [2.45, 2.75) is 37.5 Å². The molecule has 1 amide bonds. The van der Waals surface area contributed by atoms with Crippen LogP contribution in [0.15, 0.2) is 47.4 Å². The van der Waals surface area contributed by atoms with Crippen molar-refractivity contribution in [1.82, 2.24) is 10.3 Å². The van der Waals surface area contributed by atoms with Gasteiger partial charge in [0.2, 0.25) is 0 Å². The van der Waals surface area contributed by atoms with Gasteiger partial charge in [0.25, 0.3) is 21.6 Å². The molecule has 2 rings (SSSR count). The van der Waals surface area contributed by atoms with Gasteiger partial charge in [-0.15, -0.1) is 4.83 Å². The molecule has 0 radical (unpaired) electrons. The van der Waals surface area contributed by atoms with E-state index in [1.54, 1.807) is 12.1 Å². The molecule has 168 valence electrons. The van der Waals surface area contributed by atoms with E-state index < -0.39 is 31.4 Å². The van der Waals surface area contributed by atoms with E-state index in [4.69, 9.17) is 9.47 Å². The molecule has 2 aromatic carbocycles. The number of nitro benzene ring substituents is 1. The lowest BCUT2D eigenvalue weighted by Crippen LogP contribution is -2.41. The Morgan fingerprint density at radius 2 is 1.74 bits per heavy atom. The number of nitrogens with zero attached hydrogens (tertiary/aromatic N) is 1. The fraction of sp³-hybridized carbons (Fsp3) is 0.350. The number of rotatable bonds is 12. The lowest BCUT2D eigenvalue weighted by Gasteiger charge is -2.10. The van der Waals surface area contributed by atoms with Crippen LogP contribution in [0.4, 0.5) is 5.69 Å². The highest BCUT2D eigenvalue weighted by molar-refractivity contribution is 7.89. The number of methoxy groups -OCH3 is 1. The molecule has 31 heavy (non-hydrogen) atoms. The zero-order valence-electron chi connectivity index (χ0n) is 17.3. The Kier molecular flexibility index (Phi) is 8.76. The van der Waals surface area contributed by atoms with Crippen molar-refractivity contribution in [2.75, 3.05) is 13.7 Å². The first-order valence-electron chi connectivity index (χ1n) is 9.66. The van der Waals surface area contributed by atoms with Gasteiger partial charge < -0.3 is 9.47 Å². The van der Waals surface area contributed by atoms with Gasteiger partial charge in [0, 0.05) is 5.56 Å². The van der Waals surface area contributed by atoms with Crippen molar-refractivity contribution in [3.8, 4) is 11.5 Å². The second kappa shape index (κ2) is 11.3. The quantitative estimate of drug-likeness (QED) is 0.287. The van der Waals surface area contributed by atoms with Gasteiger partial charge in [0.05, 0.1) is 24.7 Å². The van der Waals surface area contributed by atoms with Crippen molar-refractivity contribution in [2.24, 2.45) is 0 Å². The monoisotopic (exact) mass is 451 g/mol. The molecule has 2 aromatic rings. The molecular weight excluding hydrogens is 426 g/mol. The summed E-state index contributed by atoms with van der Waals surface area (Å²) in [5.74, 6) is -0.000852. The third-order valence-corrected chi connectivity index (χ3v) is 5.63. The summed E-state index contributed by atoms with van der Waals surface area (Å²) in [6.07, 6.45) is 4.32. The first kappa shape index (κ1) is 24.1. The maximum absolute atomic E-state index is 12.4. The molecular formula is C20H25N3O7S. The van der Waals surface area contributed by atoms with Crippen molar-refractivity contribution in [3.05, 3.63) is 58.1 Å². The van der Waals surface area contributed by atoms with Crippen LogP contribution in [0.5, 0.6) is 11.5 Å². The summed E-state index contributed by atoms with van der Waals surface area (Å²) in [6.45, 7) is 2.70. The summed E-state index contributed by atoms with van der Waals surface area (Å²) in [7, 11) is -3.10. The molecule has 10 nitrogen and oxygen atoms in total. The minimum Gasteiger partial charge on any atom is -0.497 e. The second-order valence-electron chi connectivity index (χ2n) is 6.58. The number of nitro groups is 1. The number of unbranched alkanes of at least 4 members (excludes halogenated alkanes) is 3. The van der Waals surface area contributed by atoms with E-state index in [0.717, 1.165) is 37.8 Å². The Morgan fingerprint density at radius 1 is 1.06 bits per heavy atom. The Bertz CT molecular complexity index is 1010. The van der Waals surface area contributed by atoms with E-state index in [9.17, 15) is 23.3 Å². The largest absolute Gasteiger partial charge is 0.497 e. The van der Waals surface area contributed by atoms with Crippen molar-refractivity contribution in [3.63, 3.8) is 0 Å². The van der Waals surface area contributed by atoms with E-state index >= 15 is 0 Å². The number of carbonyl (C=O) groups excluding carboxylic acids is 1. The zero-order valence-corrected chi connectivity index (χ0v) is 18.1. The topological polar surface area (TPSA) is 137 Å². The molecule has 0 saturated carbocycles. The van der Waals surface area contributed by atoms with Crippen LogP contribution in [0.1, 0.15) is 43.0 Å². The molecule has 0 spiro atoms. The first-order valence-corrected chi connectivity index (χ1v) is 11.1. The summed E-state index contributed by atoms with van der Waals surface area (Å²) in [5, 5.41) is 11.2. The number of ether oxygens (including phenoxy) is 2. The number of hydrazine groups is 1. The predicted molar refractivity (Wildman–Crippen MR) is 114 cm³/mol. The molecule has 0 unspecified atom stereocenters. The molecule has 0 aliphatic carbocycles. The minimum absolute atomic E-state index is 0.127. The van der Waals surface area contributed by atoms with Crippen molar-refractivity contribution >= 4 is 21.6 Å². The Labute approximate surface area is 180 Å². The standard InChI is InChI=1S/C20H25N3O7S/c1-3-4-5-6-13-30-16-9-7-15(8-10-16)20(24)21-22-31(27,28)19-12-11-17(29-2)14-18(19)23(25)26/h7-12,14,22H,3-6,13H2,1-2H3,(H,21,24). The van der Waals surface area contributed by atoms with Crippen LogP contribution in [0.2, 0.25) is 0 Å². The molecule has 0 aromatic heterocycles. The highest BCUT2D eigenvalue weighted by atomic mass is 32.2. The van der Waals surface area contributed by atoms with Crippen molar-refractivity contribution in [1.29, 1.82) is 0 Å². The molecule has 0 bridgehead atoms. The van der Waals surface area contributed by atoms with Crippen LogP contribution in [-0.2, 0) is 10.0 Å². The molecule has 2 N–H and O–H groups in total. The minimum atomic E-state index is -4.40. The maximum Gasteiger partial charge on any atom is 0.293 e. The van der Waals surface area contributed by atoms with Gasteiger partial charge in [0.15, 0.2) is 4.90 Å². The smallest absolute Gasteiger partial charge is 0.293 e. The fourth-order valence-corrected chi connectivity index (χ4v) is 3.65. The first-order chi connectivity index (χ1) is 14.8. The van der Waals surface area contributed by atoms with Crippen LogP contribution in [-0.4, -0.2) is 33.0 Å². The number of nitrogens with one attached hydrogen (secondary N) is 2. The van der Waals surface area contributed by atoms with E-state index in [1.807, 2.05) is 10.3 Å². The molecule has 0 aliphatic heterocycles. The van der Waals surface area contributed by atoms with E-state index in [2.05, 4.69) is 6.92 Å². The van der Waals surface area contributed by atoms with E-state index in [1.165, 1.54) is 25.3 Å². The Morgan fingerprint density at radius 3 is 2.35 bits per heavy atom. The average molecular weight is 452 g/mol. The SMILES string of the molecule is CCCCCCOc1ccc(C(=O)NNS(=O)(=O)c2ccc(OC)cc2[N+](=O)[O-])cc1. The zero-order chi connectivity index (χ0) is 22.9. The van der Waals surface area contributed by atoms with Gasteiger partial charge in [0.1, 0.15) is 11.5 Å². The normalized spacial score (nSPS) is 11.0. The summed E-state index contributed by atoms with van der Waals surface area (Å²) in [4.78, 5) is 23.9.